The summed E-state index contributed by atoms with van der Waals surface area (Å²) in [6.45, 7) is 9.38. The average molecular weight is 317 g/mol. The number of allylic oxidation sites excluding steroid dienone is 2. The normalized spacial score (nSPS) is 51.2. The highest BCUT2D eigenvalue weighted by molar-refractivity contribution is 5.79. The highest BCUT2D eigenvalue weighted by Crippen LogP contribution is 2.67. The van der Waals surface area contributed by atoms with Crippen LogP contribution in [-0.2, 0) is 4.79 Å². The minimum Gasteiger partial charge on any atom is -0.393 e. The Labute approximate surface area is 139 Å². The molecule has 0 aromatic rings. The zero-order valence-corrected chi connectivity index (χ0v) is 15.0. The van der Waals surface area contributed by atoms with E-state index in [1.54, 1.807) is 0 Å². The predicted octanol–water partition coefficient (Wildman–Crippen LogP) is 3.63. The van der Waals surface area contributed by atoms with Crippen molar-refractivity contribution < 1.29 is 9.90 Å². The molecule has 3 aliphatic carbocycles. The van der Waals surface area contributed by atoms with Gasteiger partial charge in [-0.05, 0) is 60.7 Å². The minimum atomic E-state index is -0.131. The van der Waals surface area contributed by atoms with E-state index in [2.05, 4.69) is 39.1 Å². The molecule has 0 radical (unpaired) electrons. The summed E-state index contributed by atoms with van der Waals surface area (Å²) in [5.41, 5.74) is 1.48. The van der Waals surface area contributed by atoms with E-state index in [0.717, 1.165) is 25.7 Å². The van der Waals surface area contributed by atoms with Gasteiger partial charge in [-0.3, -0.25) is 4.79 Å². The fraction of sp³-hybridized carbons (Fsp3) is 0.850. The molecule has 3 fully saturated rings. The van der Waals surface area contributed by atoms with Crippen molar-refractivity contribution in [2.45, 2.75) is 72.3 Å². The lowest BCUT2D eigenvalue weighted by atomic mass is 9.44. The molecule has 4 aliphatic rings. The van der Waals surface area contributed by atoms with Gasteiger partial charge in [0.25, 0.3) is 0 Å². The standard InChI is InChI=1S/C20H31NO2/c1-18(2)11-14-19(3,10-8-16(23)21-14)13-7-9-20(4)12(17(13)18)5-6-15(20)22/h11-13,15,17,22H,5-10H2,1-4H3,(H,21,23)/t12-,13+,15?,17-,19+,20-/m0/s1. The van der Waals surface area contributed by atoms with Gasteiger partial charge in [0.15, 0.2) is 0 Å². The van der Waals surface area contributed by atoms with Gasteiger partial charge in [0.1, 0.15) is 0 Å². The van der Waals surface area contributed by atoms with E-state index in [9.17, 15) is 9.90 Å². The molecule has 2 N–H and O–H groups in total. The topological polar surface area (TPSA) is 49.3 Å². The first-order chi connectivity index (χ1) is 10.7. The van der Waals surface area contributed by atoms with Gasteiger partial charge in [0.2, 0.25) is 5.91 Å². The van der Waals surface area contributed by atoms with Gasteiger partial charge >= 0.3 is 0 Å². The zero-order valence-electron chi connectivity index (χ0n) is 15.0. The van der Waals surface area contributed by atoms with Crippen LogP contribution < -0.4 is 5.32 Å². The quantitative estimate of drug-likeness (QED) is 0.717. The Morgan fingerprint density at radius 3 is 2.57 bits per heavy atom. The highest BCUT2D eigenvalue weighted by Gasteiger charge is 2.62. The molecule has 0 aromatic heterocycles. The third-order valence-corrected chi connectivity index (χ3v) is 8.18. The number of aliphatic hydroxyl groups excluding tert-OH is 1. The average Bonchev–Trinajstić information content (AvgIpc) is 2.77. The van der Waals surface area contributed by atoms with Crippen LogP contribution in [0.4, 0.5) is 0 Å². The summed E-state index contributed by atoms with van der Waals surface area (Å²) < 4.78 is 0. The molecule has 1 saturated heterocycles. The molecule has 2 saturated carbocycles. The van der Waals surface area contributed by atoms with Crippen molar-refractivity contribution in [1.29, 1.82) is 0 Å². The number of carbonyl (C=O) groups is 1. The Bertz CT molecular complexity index is 580. The fourth-order valence-corrected chi connectivity index (χ4v) is 6.78. The summed E-state index contributed by atoms with van der Waals surface area (Å²) in [6.07, 6.45) is 8.30. The van der Waals surface area contributed by atoms with E-state index in [0.29, 0.717) is 24.2 Å². The molecule has 3 nitrogen and oxygen atoms in total. The van der Waals surface area contributed by atoms with Crippen LogP contribution in [0.25, 0.3) is 0 Å². The van der Waals surface area contributed by atoms with Gasteiger partial charge in [-0.2, -0.15) is 0 Å². The number of hydrogen-bond acceptors (Lipinski definition) is 2. The first kappa shape index (κ1) is 15.7. The van der Waals surface area contributed by atoms with Crippen molar-refractivity contribution in [3.8, 4) is 0 Å². The van der Waals surface area contributed by atoms with E-state index in [-0.39, 0.29) is 28.3 Å². The maximum Gasteiger partial charge on any atom is 0.224 e. The summed E-state index contributed by atoms with van der Waals surface area (Å²) in [4.78, 5) is 11.9. The molecule has 1 amide bonds. The van der Waals surface area contributed by atoms with Crippen LogP contribution in [0.15, 0.2) is 11.8 Å². The fourth-order valence-electron chi connectivity index (χ4n) is 6.78. The van der Waals surface area contributed by atoms with Gasteiger partial charge < -0.3 is 10.4 Å². The smallest absolute Gasteiger partial charge is 0.224 e. The van der Waals surface area contributed by atoms with E-state index in [4.69, 9.17) is 0 Å². The summed E-state index contributed by atoms with van der Waals surface area (Å²) >= 11 is 0. The van der Waals surface area contributed by atoms with Crippen LogP contribution in [0.3, 0.4) is 0 Å². The van der Waals surface area contributed by atoms with Gasteiger partial charge in [-0.1, -0.05) is 33.8 Å². The van der Waals surface area contributed by atoms with E-state index < -0.39 is 0 Å². The Kier molecular flexibility index (Phi) is 3.15. The second-order valence-corrected chi connectivity index (χ2v) is 9.72. The number of fused-ring (bicyclic) bond motifs is 5. The largest absolute Gasteiger partial charge is 0.393 e. The van der Waals surface area contributed by atoms with Crippen LogP contribution in [0.2, 0.25) is 0 Å². The summed E-state index contributed by atoms with van der Waals surface area (Å²) in [6, 6.07) is 0. The molecule has 1 heterocycles. The Hall–Kier alpha value is -0.830. The lowest BCUT2D eigenvalue weighted by Gasteiger charge is -2.61. The number of piperidine rings is 1. The lowest BCUT2D eigenvalue weighted by Crippen LogP contribution is -2.58. The zero-order chi connectivity index (χ0) is 16.6. The highest BCUT2D eigenvalue weighted by atomic mass is 16.3. The van der Waals surface area contributed by atoms with Crippen molar-refractivity contribution >= 4 is 5.91 Å². The van der Waals surface area contributed by atoms with Crippen molar-refractivity contribution in [1.82, 2.24) is 5.32 Å². The predicted molar refractivity (Wildman–Crippen MR) is 90.4 cm³/mol. The molecule has 0 aromatic carbocycles. The van der Waals surface area contributed by atoms with Crippen molar-refractivity contribution in [3.63, 3.8) is 0 Å². The summed E-state index contributed by atoms with van der Waals surface area (Å²) in [5.74, 6) is 2.03. The monoisotopic (exact) mass is 317 g/mol. The number of hydrogen-bond donors (Lipinski definition) is 2. The maximum absolute atomic E-state index is 11.9. The van der Waals surface area contributed by atoms with Crippen LogP contribution in [0, 0.1) is 34.0 Å². The number of carbonyl (C=O) groups excluding carboxylic acids is 1. The second-order valence-electron chi connectivity index (χ2n) is 9.72. The number of nitrogens with one attached hydrogen (secondary N) is 1. The second kappa shape index (κ2) is 4.62. The Morgan fingerprint density at radius 2 is 1.83 bits per heavy atom. The summed E-state index contributed by atoms with van der Waals surface area (Å²) in [7, 11) is 0. The van der Waals surface area contributed by atoms with Crippen molar-refractivity contribution in [3.05, 3.63) is 11.8 Å². The third-order valence-electron chi connectivity index (χ3n) is 8.18. The van der Waals surface area contributed by atoms with Crippen LogP contribution in [0.1, 0.15) is 66.2 Å². The lowest BCUT2D eigenvalue weighted by molar-refractivity contribution is -0.129. The van der Waals surface area contributed by atoms with E-state index in [1.807, 2.05) is 0 Å². The molecule has 128 valence electrons. The van der Waals surface area contributed by atoms with Crippen molar-refractivity contribution in [2.75, 3.05) is 0 Å². The molecular formula is C20H31NO2. The molecule has 3 heteroatoms. The van der Waals surface area contributed by atoms with E-state index >= 15 is 0 Å². The number of rotatable bonds is 0. The van der Waals surface area contributed by atoms with E-state index in [1.165, 1.54) is 12.1 Å². The maximum atomic E-state index is 11.9. The van der Waals surface area contributed by atoms with Crippen molar-refractivity contribution in [2.24, 2.45) is 34.0 Å². The third kappa shape index (κ3) is 1.95. The SMILES string of the molecule is CC1(C)C=C2NC(=O)CC[C@]2(C)[C@@H]2CC[C@]3(C)C(O)CC[C@H]3[C@@H]21. The van der Waals surface area contributed by atoms with Gasteiger partial charge in [0.05, 0.1) is 6.10 Å². The molecular weight excluding hydrogens is 286 g/mol. The molecule has 23 heavy (non-hydrogen) atoms. The van der Waals surface area contributed by atoms with Crippen LogP contribution in [0.5, 0.6) is 0 Å². The van der Waals surface area contributed by atoms with Crippen LogP contribution >= 0.6 is 0 Å². The molecule has 1 aliphatic heterocycles. The Balaban J connectivity index is 1.80. The minimum absolute atomic E-state index is 0.0839. The first-order valence-corrected chi connectivity index (χ1v) is 9.40. The molecule has 6 atom stereocenters. The molecule has 4 rings (SSSR count). The van der Waals surface area contributed by atoms with Gasteiger partial charge in [-0.25, -0.2) is 0 Å². The number of aliphatic hydroxyl groups is 1. The molecule has 0 bridgehead atoms. The Morgan fingerprint density at radius 1 is 1.09 bits per heavy atom. The van der Waals surface area contributed by atoms with Gasteiger partial charge in [0, 0.05) is 17.5 Å². The van der Waals surface area contributed by atoms with Gasteiger partial charge in [-0.15, -0.1) is 0 Å². The first-order valence-electron chi connectivity index (χ1n) is 9.40. The molecule has 1 unspecified atom stereocenters. The van der Waals surface area contributed by atoms with Crippen LogP contribution in [-0.4, -0.2) is 17.1 Å². The molecule has 0 spiro atoms. The number of amides is 1. The summed E-state index contributed by atoms with van der Waals surface area (Å²) in [5, 5.41) is 13.8.